The summed E-state index contributed by atoms with van der Waals surface area (Å²) in [5.74, 6) is 0. The van der Waals surface area contributed by atoms with Gasteiger partial charge < -0.3 is 9.40 Å². The fourth-order valence-electron chi connectivity index (χ4n) is 1.11. The number of aromatic nitrogens is 1. The monoisotopic (exact) mass is 211 g/mol. The van der Waals surface area contributed by atoms with Gasteiger partial charge >= 0.3 is 0 Å². The molecular weight excluding hydrogens is 202 g/mol. The van der Waals surface area contributed by atoms with E-state index >= 15 is 0 Å². The Hall–Kier alpha value is -0.870. The van der Waals surface area contributed by atoms with Crippen LogP contribution in [0.15, 0.2) is 22.8 Å². The van der Waals surface area contributed by atoms with E-state index in [0.717, 1.165) is 12.1 Å². The molecule has 0 radical (unpaired) electrons. The summed E-state index contributed by atoms with van der Waals surface area (Å²) in [6.45, 7) is 2.15. The Balaban J connectivity index is 2.40. The Labute approximate surface area is 85.2 Å². The molecule has 0 bridgehead atoms. The van der Waals surface area contributed by atoms with Crippen LogP contribution in [0.3, 0.4) is 0 Å². The summed E-state index contributed by atoms with van der Waals surface area (Å²) in [7, 11) is 0. The van der Waals surface area contributed by atoms with E-state index in [1.165, 1.54) is 9.75 Å². The first-order chi connectivity index (χ1) is 6.29. The second-order valence-corrected chi connectivity index (χ2v) is 4.22. The van der Waals surface area contributed by atoms with E-state index in [-0.39, 0.29) is 0 Å². The third-order valence-corrected chi connectivity index (χ3v) is 3.26. The molecule has 0 spiro atoms. The topological polar surface area (TPSA) is 28.9 Å². The predicted octanol–water partition coefficient (Wildman–Crippen LogP) is 3.63. The van der Waals surface area contributed by atoms with Crippen LogP contribution < -0.4 is 0 Å². The van der Waals surface area contributed by atoms with Gasteiger partial charge in [0, 0.05) is 4.88 Å². The number of aryl methyl sites for hydroxylation is 1. The SMILES string of the molecule is CCc1ccc(-c2coc(=S)[nH]2)s1. The van der Waals surface area contributed by atoms with E-state index in [9.17, 15) is 0 Å². The molecule has 0 aromatic carbocycles. The maximum atomic E-state index is 5.03. The minimum absolute atomic E-state index is 0.432. The number of rotatable bonds is 2. The van der Waals surface area contributed by atoms with Crippen molar-refractivity contribution in [2.45, 2.75) is 13.3 Å². The van der Waals surface area contributed by atoms with Crippen molar-refractivity contribution >= 4 is 23.6 Å². The highest BCUT2D eigenvalue weighted by molar-refractivity contribution is 7.71. The lowest BCUT2D eigenvalue weighted by atomic mass is 10.3. The molecule has 2 aromatic heterocycles. The Kier molecular flexibility index (Phi) is 2.33. The van der Waals surface area contributed by atoms with Gasteiger partial charge in [-0.2, -0.15) is 0 Å². The van der Waals surface area contributed by atoms with Gasteiger partial charge in [0.2, 0.25) is 0 Å². The fraction of sp³-hybridized carbons (Fsp3) is 0.222. The van der Waals surface area contributed by atoms with Crippen molar-refractivity contribution in [1.29, 1.82) is 0 Å². The molecule has 0 unspecified atom stereocenters. The first kappa shape index (κ1) is 8.72. The molecule has 0 fully saturated rings. The van der Waals surface area contributed by atoms with E-state index in [0.29, 0.717) is 4.84 Å². The molecule has 4 heteroatoms. The zero-order chi connectivity index (χ0) is 9.26. The van der Waals surface area contributed by atoms with Gasteiger partial charge in [0.15, 0.2) is 0 Å². The van der Waals surface area contributed by atoms with Crippen molar-refractivity contribution in [2.75, 3.05) is 0 Å². The standard InChI is InChI=1S/C9H9NOS2/c1-2-6-3-4-8(13-6)7-5-11-9(12)10-7/h3-5H,2H2,1H3,(H,10,12). The molecule has 0 aliphatic carbocycles. The maximum Gasteiger partial charge on any atom is 0.266 e. The summed E-state index contributed by atoms with van der Waals surface area (Å²) < 4.78 is 5.03. The highest BCUT2D eigenvalue weighted by Crippen LogP contribution is 2.26. The Morgan fingerprint density at radius 2 is 2.38 bits per heavy atom. The first-order valence-corrected chi connectivity index (χ1v) is 5.29. The lowest BCUT2D eigenvalue weighted by Crippen LogP contribution is -1.68. The highest BCUT2D eigenvalue weighted by atomic mass is 32.1. The minimum atomic E-state index is 0.432. The minimum Gasteiger partial charge on any atom is -0.437 e. The van der Waals surface area contributed by atoms with E-state index < -0.39 is 0 Å². The largest absolute Gasteiger partial charge is 0.437 e. The number of aromatic amines is 1. The summed E-state index contributed by atoms with van der Waals surface area (Å²) in [6, 6.07) is 4.21. The van der Waals surface area contributed by atoms with E-state index in [4.69, 9.17) is 16.6 Å². The number of hydrogen-bond donors (Lipinski definition) is 1. The summed E-state index contributed by atoms with van der Waals surface area (Å²) in [6.07, 6.45) is 2.73. The Bertz CT molecular complexity index is 452. The van der Waals surface area contributed by atoms with Gasteiger partial charge in [-0.1, -0.05) is 6.92 Å². The lowest BCUT2D eigenvalue weighted by molar-refractivity contribution is 0.541. The molecule has 2 heterocycles. The number of H-pyrrole nitrogens is 1. The Morgan fingerprint density at radius 1 is 1.54 bits per heavy atom. The average molecular weight is 211 g/mol. The summed E-state index contributed by atoms with van der Waals surface area (Å²) in [5, 5.41) is 0. The van der Waals surface area contributed by atoms with Crippen molar-refractivity contribution in [1.82, 2.24) is 4.98 Å². The second kappa shape index (κ2) is 3.47. The van der Waals surface area contributed by atoms with Gasteiger partial charge in [0.1, 0.15) is 6.26 Å². The lowest BCUT2D eigenvalue weighted by Gasteiger charge is -1.87. The van der Waals surface area contributed by atoms with Gasteiger partial charge in [-0.15, -0.1) is 11.3 Å². The molecule has 0 saturated heterocycles. The molecule has 2 nitrogen and oxygen atoms in total. The van der Waals surface area contributed by atoms with Gasteiger partial charge in [-0.25, -0.2) is 0 Å². The van der Waals surface area contributed by atoms with Crippen molar-refractivity contribution in [3.05, 3.63) is 28.1 Å². The average Bonchev–Trinajstić information content (AvgIpc) is 2.71. The fourth-order valence-corrected chi connectivity index (χ4v) is 2.18. The van der Waals surface area contributed by atoms with Crippen LogP contribution in [0.25, 0.3) is 10.6 Å². The molecule has 0 aliphatic heterocycles. The molecule has 0 saturated carbocycles. The van der Waals surface area contributed by atoms with Crippen LogP contribution in [0, 0.1) is 4.84 Å². The molecule has 1 N–H and O–H groups in total. The molecule has 0 atom stereocenters. The van der Waals surface area contributed by atoms with Crippen molar-refractivity contribution < 1.29 is 4.42 Å². The molecule has 2 aromatic rings. The summed E-state index contributed by atoms with van der Waals surface area (Å²) >= 11 is 6.61. The van der Waals surface area contributed by atoms with E-state index in [1.807, 2.05) is 0 Å². The smallest absolute Gasteiger partial charge is 0.266 e. The van der Waals surface area contributed by atoms with E-state index in [2.05, 4.69) is 24.0 Å². The molecular formula is C9H9NOS2. The molecule has 68 valence electrons. The third kappa shape index (κ3) is 1.73. The van der Waals surface area contributed by atoms with Crippen LogP contribution in [0.5, 0.6) is 0 Å². The summed E-state index contributed by atoms with van der Waals surface area (Å²) in [5.41, 5.74) is 0.967. The van der Waals surface area contributed by atoms with Crippen molar-refractivity contribution in [2.24, 2.45) is 0 Å². The molecule has 0 aliphatic rings. The number of hydrogen-bond acceptors (Lipinski definition) is 3. The van der Waals surface area contributed by atoms with Gasteiger partial charge in [-0.05, 0) is 30.8 Å². The van der Waals surface area contributed by atoms with Crippen molar-refractivity contribution in [3.8, 4) is 10.6 Å². The van der Waals surface area contributed by atoms with Crippen LogP contribution in [-0.4, -0.2) is 4.98 Å². The van der Waals surface area contributed by atoms with Crippen LogP contribution in [-0.2, 0) is 6.42 Å². The van der Waals surface area contributed by atoms with Crippen LogP contribution >= 0.6 is 23.6 Å². The van der Waals surface area contributed by atoms with Gasteiger partial charge in [0.25, 0.3) is 4.84 Å². The zero-order valence-corrected chi connectivity index (χ0v) is 8.80. The molecule has 13 heavy (non-hydrogen) atoms. The van der Waals surface area contributed by atoms with Gasteiger partial charge in [-0.3, -0.25) is 0 Å². The number of nitrogens with one attached hydrogen (secondary N) is 1. The Morgan fingerprint density at radius 3 is 2.92 bits per heavy atom. The zero-order valence-electron chi connectivity index (χ0n) is 7.16. The van der Waals surface area contributed by atoms with Crippen LogP contribution in [0.1, 0.15) is 11.8 Å². The molecule has 0 amide bonds. The van der Waals surface area contributed by atoms with Crippen LogP contribution in [0.4, 0.5) is 0 Å². The van der Waals surface area contributed by atoms with Gasteiger partial charge in [0.05, 0.1) is 10.6 Å². The first-order valence-electron chi connectivity index (χ1n) is 4.06. The third-order valence-electron chi connectivity index (χ3n) is 1.80. The molecule has 2 rings (SSSR count). The number of thiophene rings is 1. The maximum absolute atomic E-state index is 5.03. The van der Waals surface area contributed by atoms with Crippen molar-refractivity contribution in [3.63, 3.8) is 0 Å². The predicted molar refractivity (Wildman–Crippen MR) is 56.6 cm³/mol. The second-order valence-electron chi connectivity index (χ2n) is 2.68. The normalized spacial score (nSPS) is 10.5. The number of oxazole rings is 1. The quantitative estimate of drug-likeness (QED) is 0.768. The summed E-state index contributed by atoms with van der Waals surface area (Å²) in [4.78, 5) is 5.97. The highest BCUT2D eigenvalue weighted by Gasteiger charge is 2.03. The van der Waals surface area contributed by atoms with Crippen LogP contribution in [0.2, 0.25) is 0 Å². The van der Waals surface area contributed by atoms with E-state index in [1.54, 1.807) is 17.6 Å².